The summed E-state index contributed by atoms with van der Waals surface area (Å²) in [6, 6.07) is 12.3. The zero-order valence-corrected chi connectivity index (χ0v) is 13.8. The van der Waals surface area contributed by atoms with Crippen molar-refractivity contribution in [3.8, 4) is 0 Å². The Balaban J connectivity index is 2.14. The van der Waals surface area contributed by atoms with E-state index in [0.29, 0.717) is 0 Å². The van der Waals surface area contributed by atoms with Crippen molar-refractivity contribution in [2.75, 3.05) is 6.54 Å². The third-order valence-electron chi connectivity index (χ3n) is 3.10. The molecule has 0 radical (unpaired) electrons. The van der Waals surface area contributed by atoms with E-state index in [1.807, 2.05) is 24.4 Å². The summed E-state index contributed by atoms with van der Waals surface area (Å²) in [4.78, 5) is 4.51. The average molecular weight is 354 g/mol. The lowest BCUT2D eigenvalue weighted by Gasteiger charge is -2.18. The van der Waals surface area contributed by atoms with Gasteiger partial charge in [0.2, 0.25) is 0 Å². The van der Waals surface area contributed by atoms with Crippen LogP contribution in [0, 0.1) is 0 Å². The molecule has 0 saturated carbocycles. The van der Waals surface area contributed by atoms with E-state index in [4.69, 9.17) is 11.6 Å². The fraction of sp³-hybridized carbons (Fsp3) is 0.312. The number of halogens is 2. The fourth-order valence-electron chi connectivity index (χ4n) is 2.05. The molecule has 2 aromatic rings. The zero-order chi connectivity index (χ0) is 14.4. The predicted molar refractivity (Wildman–Crippen MR) is 88.1 cm³/mol. The standard InChI is InChI=1S/C16H18BrClN2/c1-2-9-19-16(15-8-5-13(17)11-20-15)10-12-3-6-14(18)7-4-12/h3-8,11,16,19H,2,9-10H2,1H3. The maximum absolute atomic E-state index is 5.93. The van der Waals surface area contributed by atoms with E-state index in [1.165, 1.54) is 5.56 Å². The number of hydrogen-bond donors (Lipinski definition) is 1. The van der Waals surface area contributed by atoms with Gasteiger partial charge in [0.15, 0.2) is 0 Å². The van der Waals surface area contributed by atoms with Gasteiger partial charge in [0, 0.05) is 15.7 Å². The summed E-state index contributed by atoms with van der Waals surface area (Å²) in [6.07, 6.45) is 3.86. The quantitative estimate of drug-likeness (QED) is 0.808. The summed E-state index contributed by atoms with van der Waals surface area (Å²) in [7, 11) is 0. The molecule has 0 aliphatic rings. The van der Waals surface area contributed by atoms with Gasteiger partial charge in [0.05, 0.1) is 11.7 Å². The van der Waals surface area contributed by atoms with Gasteiger partial charge in [-0.05, 0) is 65.1 Å². The Labute approximate surface area is 133 Å². The second-order valence-corrected chi connectivity index (χ2v) is 6.09. The summed E-state index contributed by atoms with van der Waals surface area (Å²) in [5.74, 6) is 0. The van der Waals surface area contributed by atoms with Crippen molar-refractivity contribution in [1.82, 2.24) is 10.3 Å². The second-order valence-electron chi connectivity index (χ2n) is 4.74. The molecule has 2 nitrogen and oxygen atoms in total. The van der Waals surface area contributed by atoms with Crippen LogP contribution in [0.25, 0.3) is 0 Å². The molecule has 0 amide bonds. The van der Waals surface area contributed by atoms with Gasteiger partial charge in [-0.15, -0.1) is 0 Å². The number of hydrogen-bond acceptors (Lipinski definition) is 2. The van der Waals surface area contributed by atoms with Crippen molar-refractivity contribution in [2.45, 2.75) is 25.8 Å². The van der Waals surface area contributed by atoms with Crippen LogP contribution in [0.3, 0.4) is 0 Å². The summed E-state index contributed by atoms with van der Waals surface area (Å²) in [5.41, 5.74) is 2.32. The number of pyridine rings is 1. The third kappa shape index (κ3) is 4.58. The van der Waals surface area contributed by atoms with Crippen molar-refractivity contribution < 1.29 is 0 Å². The monoisotopic (exact) mass is 352 g/mol. The predicted octanol–water partition coefficient (Wildman–Crippen LogP) is 4.78. The Morgan fingerprint density at radius 2 is 1.95 bits per heavy atom. The van der Waals surface area contributed by atoms with E-state index in [1.54, 1.807) is 0 Å². The van der Waals surface area contributed by atoms with Gasteiger partial charge >= 0.3 is 0 Å². The highest BCUT2D eigenvalue weighted by Crippen LogP contribution is 2.20. The minimum Gasteiger partial charge on any atom is -0.308 e. The Bertz CT molecular complexity index is 525. The van der Waals surface area contributed by atoms with Crippen molar-refractivity contribution in [3.05, 3.63) is 63.3 Å². The Morgan fingerprint density at radius 3 is 2.55 bits per heavy atom. The molecule has 106 valence electrons. The number of aromatic nitrogens is 1. The molecule has 0 fully saturated rings. The molecule has 0 spiro atoms. The van der Waals surface area contributed by atoms with Crippen molar-refractivity contribution in [3.63, 3.8) is 0 Å². The molecule has 1 N–H and O–H groups in total. The first-order chi connectivity index (χ1) is 9.69. The minimum atomic E-state index is 0.226. The van der Waals surface area contributed by atoms with Gasteiger partial charge in [0.25, 0.3) is 0 Å². The Morgan fingerprint density at radius 1 is 1.20 bits per heavy atom. The number of benzene rings is 1. The summed E-state index contributed by atoms with van der Waals surface area (Å²) < 4.78 is 1.00. The van der Waals surface area contributed by atoms with Gasteiger partial charge in [0.1, 0.15) is 0 Å². The number of nitrogens with zero attached hydrogens (tertiary/aromatic N) is 1. The van der Waals surface area contributed by atoms with Gasteiger partial charge in [-0.2, -0.15) is 0 Å². The zero-order valence-electron chi connectivity index (χ0n) is 11.4. The third-order valence-corrected chi connectivity index (χ3v) is 3.82. The molecule has 1 atom stereocenters. The summed E-state index contributed by atoms with van der Waals surface area (Å²) in [6.45, 7) is 3.15. The minimum absolute atomic E-state index is 0.226. The molecule has 1 aromatic heterocycles. The first kappa shape index (κ1) is 15.5. The van der Waals surface area contributed by atoms with Crippen LogP contribution in [0.2, 0.25) is 5.02 Å². The van der Waals surface area contributed by atoms with Crippen LogP contribution in [0.4, 0.5) is 0 Å². The van der Waals surface area contributed by atoms with Gasteiger partial charge in [-0.1, -0.05) is 30.7 Å². The Hall–Kier alpha value is -0.900. The van der Waals surface area contributed by atoms with Crippen molar-refractivity contribution >= 4 is 27.5 Å². The van der Waals surface area contributed by atoms with E-state index in [0.717, 1.165) is 34.6 Å². The van der Waals surface area contributed by atoms with E-state index < -0.39 is 0 Å². The van der Waals surface area contributed by atoms with Crippen molar-refractivity contribution in [2.24, 2.45) is 0 Å². The molecule has 1 aromatic carbocycles. The first-order valence-corrected chi connectivity index (χ1v) is 7.95. The highest BCUT2D eigenvalue weighted by Gasteiger charge is 2.12. The fourth-order valence-corrected chi connectivity index (χ4v) is 2.41. The highest BCUT2D eigenvalue weighted by molar-refractivity contribution is 9.10. The Kier molecular flexibility index (Phi) is 6.02. The topological polar surface area (TPSA) is 24.9 Å². The van der Waals surface area contributed by atoms with Crippen LogP contribution in [0.1, 0.15) is 30.6 Å². The summed E-state index contributed by atoms with van der Waals surface area (Å²) in [5, 5.41) is 4.33. The lowest BCUT2D eigenvalue weighted by molar-refractivity contribution is 0.518. The molecule has 1 heterocycles. The van der Waals surface area contributed by atoms with Crippen LogP contribution in [0.5, 0.6) is 0 Å². The maximum Gasteiger partial charge on any atom is 0.0577 e. The average Bonchev–Trinajstić information content (AvgIpc) is 2.46. The molecule has 20 heavy (non-hydrogen) atoms. The lowest BCUT2D eigenvalue weighted by Crippen LogP contribution is -2.24. The molecule has 1 unspecified atom stereocenters. The van der Waals surface area contributed by atoms with Crippen LogP contribution < -0.4 is 5.32 Å². The highest BCUT2D eigenvalue weighted by atomic mass is 79.9. The van der Waals surface area contributed by atoms with Gasteiger partial charge in [-0.3, -0.25) is 4.98 Å². The van der Waals surface area contributed by atoms with E-state index in [9.17, 15) is 0 Å². The normalized spacial score (nSPS) is 12.3. The van der Waals surface area contributed by atoms with Crippen LogP contribution >= 0.6 is 27.5 Å². The molecule has 0 saturated heterocycles. The molecule has 0 aliphatic carbocycles. The lowest BCUT2D eigenvalue weighted by atomic mass is 10.0. The maximum atomic E-state index is 5.93. The smallest absolute Gasteiger partial charge is 0.0577 e. The number of nitrogens with one attached hydrogen (secondary N) is 1. The largest absolute Gasteiger partial charge is 0.308 e. The molecule has 0 aliphatic heterocycles. The van der Waals surface area contributed by atoms with Gasteiger partial charge in [-0.25, -0.2) is 0 Å². The van der Waals surface area contributed by atoms with Crippen molar-refractivity contribution in [1.29, 1.82) is 0 Å². The van der Waals surface area contributed by atoms with Crippen LogP contribution in [0.15, 0.2) is 47.1 Å². The van der Waals surface area contributed by atoms with E-state index in [2.05, 4.69) is 51.4 Å². The molecule has 2 rings (SSSR count). The second kappa shape index (κ2) is 7.77. The molecular formula is C16H18BrClN2. The SMILES string of the molecule is CCCNC(Cc1ccc(Cl)cc1)c1ccc(Br)cn1. The van der Waals surface area contributed by atoms with Crippen LogP contribution in [-0.4, -0.2) is 11.5 Å². The molecule has 4 heteroatoms. The molecule has 0 bridgehead atoms. The number of rotatable bonds is 6. The van der Waals surface area contributed by atoms with E-state index >= 15 is 0 Å². The van der Waals surface area contributed by atoms with Crippen LogP contribution in [-0.2, 0) is 6.42 Å². The van der Waals surface area contributed by atoms with Gasteiger partial charge < -0.3 is 5.32 Å². The summed E-state index contributed by atoms with van der Waals surface area (Å²) >= 11 is 9.36. The first-order valence-electron chi connectivity index (χ1n) is 6.78. The van der Waals surface area contributed by atoms with E-state index in [-0.39, 0.29) is 6.04 Å². The molecular weight excluding hydrogens is 336 g/mol.